The number of hydrogen-bond donors (Lipinski definition) is 7. The van der Waals surface area contributed by atoms with Crippen LogP contribution in [0.3, 0.4) is 0 Å². The molecule has 0 aliphatic heterocycles. The number of aliphatic hydroxyl groups is 4. The molecule has 0 saturated heterocycles. The van der Waals surface area contributed by atoms with Crippen molar-refractivity contribution in [2.75, 3.05) is 20.7 Å². The van der Waals surface area contributed by atoms with E-state index in [2.05, 4.69) is 11.1 Å². The van der Waals surface area contributed by atoms with Crippen molar-refractivity contribution in [1.29, 1.82) is 0 Å². The summed E-state index contributed by atoms with van der Waals surface area (Å²) in [5, 5.41) is 55.2. The van der Waals surface area contributed by atoms with Gasteiger partial charge in [-0.15, -0.1) is 0 Å². The van der Waals surface area contributed by atoms with Crippen LogP contribution in [0.25, 0.3) is 5.76 Å². The molecule has 280 valence electrons. The number of fused-ring (bicyclic) bond motifs is 3. The van der Waals surface area contributed by atoms with Crippen molar-refractivity contribution in [1.82, 2.24) is 4.90 Å². The van der Waals surface area contributed by atoms with Crippen LogP contribution < -0.4 is 5.73 Å². The fourth-order valence-electron chi connectivity index (χ4n) is 7.33. The molecule has 0 bridgehead atoms. The van der Waals surface area contributed by atoms with Gasteiger partial charge in [-0.3, -0.25) is 23.8 Å². The van der Waals surface area contributed by atoms with Crippen molar-refractivity contribution in [3.8, 4) is 5.75 Å². The quantitative estimate of drug-likeness (QED) is 0.0810. The average Bonchev–Trinajstić information content (AvgIpc) is 3.01. The number of aliphatic hydroxyl groups excluding tert-OH is 2. The van der Waals surface area contributed by atoms with E-state index in [9.17, 15) is 48.3 Å². The van der Waals surface area contributed by atoms with Crippen molar-refractivity contribution < 1.29 is 57.1 Å². The first kappa shape index (κ1) is 41.4. The van der Waals surface area contributed by atoms with Gasteiger partial charge in [0, 0.05) is 28.0 Å². The highest BCUT2D eigenvalue weighted by atomic mass is 35.5. The summed E-state index contributed by atoms with van der Waals surface area (Å²) in [6.45, 7) is 3.65. The molecule has 3 aliphatic rings. The number of Topliss-reactive ketones (excluding diaryl/α,β-unsaturated/α-hetero) is 2. The van der Waals surface area contributed by atoms with Gasteiger partial charge >= 0.3 is 10.4 Å². The highest BCUT2D eigenvalue weighted by Gasteiger charge is 2.66. The maximum Gasteiger partial charge on any atom is 0.397 e. The van der Waals surface area contributed by atoms with Crippen LogP contribution in [-0.4, -0.2) is 93.2 Å². The van der Waals surface area contributed by atoms with E-state index in [4.69, 9.17) is 21.9 Å². The molecule has 0 heterocycles. The molecule has 1 aromatic carbocycles. The van der Waals surface area contributed by atoms with Crippen LogP contribution in [0.1, 0.15) is 95.6 Å². The Morgan fingerprint density at radius 2 is 1.54 bits per heavy atom. The largest absolute Gasteiger partial charge is 0.508 e. The summed E-state index contributed by atoms with van der Waals surface area (Å²) in [4.78, 5) is 40.1. The standard InChI is InChI=1S/C22H23ClN2O8.C12H26O4S/c1-21(32)7-6-8-15(25(2)3)17(28)13(20(24)31)19(30)22(8,33)18(29)11(7)16(27)12-10(26)5-4-9(23)14(12)21;1-2-3-4-5-6-7-8-9-10-11-12-16-17(13,14)15/h4-5,7-8,15,26-27,30,32-33H,6H2,1-3H3,(H2,24,31);2-12H2,1H3,(H,13,14,15)/t7-,8-,15-,21-,22-;/m0./s1. The van der Waals surface area contributed by atoms with Gasteiger partial charge in [0.1, 0.15) is 22.8 Å². The topological polar surface area (TPSA) is 245 Å². The summed E-state index contributed by atoms with van der Waals surface area (Å²) < 4.78 is 33.0. The number of aromatic hydroxyl groups is 1. The molecule has 0 radical (unpaired) electrons. The zero-order valence-corrected chi connectivity index (χ0v) is 30.4. The third kappa shape index (κ3) is 8.35. The number of rotatable bonds is 14. The molecule has 1 saturated carbocycles. The number of nitrogens with zero attached hydrogens (tertiary/aromatic N) is 1. The summed E-state index contributed by atoms with van der Waals surface area (Å²) in [6, 6.07) is 1.24. The van der Waals surface area contributed by atoms with Crippen LogP contribution in [0.15, 0.2) is 29.0 Å². The normalized spacial score (nSPS) is 26.3. The van der Waals surface area contributed by atoms with Gasteiger partial charge < -0.3 is 31.3 Å². The molecule has 50 heavy (non-hydrogen) atoms. The van der Waals surface area contributed by atoms with Crippen LogP contribution in [0.4, 0.5) is 0 Å². The van der Waals surface area contributed by atoms with E-state index in [1.165, 1.54) is 83.0 Å². The van der Waals surface area contributed by atoms with Gasteiger partial charge in [0.15, 0.2) is 11.4 Å². The summed E-state index contributed by atoms with van der Waals surface area (Å²) in [7, 11) is -1.26. The van der Waals surface area contributed by atoms with Gasteiger partial charge in [-0.1, -0.05) is 76.3 Å². The van der Waals surface area contributed by atoms with Crippen molar-refractivity contribution >= 4 is 45.2 Å². The minimum Gasteiger partial charge on any atom is -0.508 e. The summed E-state index contributed by atoms with van der Waals surface area (Å²) in [5.74, 6) is -8.30. The van der Waals surface area contributed by atoms with Gasteiger partial charge in [-0.25, -0.2) is 4.18 Å². The number of nitrogens with two attached hydrogens (primary N) is 1. The van der Waals surface area contributed by atoms with Crippen molar-refractivity contribution in [2.45, 2.75) is 102 Å². The minimum atomic E-state index is -4.23. The first-order valence-electron chi connectivity index (χ1n) is 16.8. The second kappa shape index (κ2) is 16.5. The molecule has 5 atom stereocenters. The number of carbonyl (C=O) groups is 3. The Hall–Kier alpha value is -3.05. The summed E-state index contributed by atoms with van der Waals surface area (Å²) in [5.41, 5.74) is -1.10. The van der Waals surface area contributed by atoms with E-state index in [1.54, 1.807) is 0 Å². The fourth-order valence-corrected chi connectivity index (χ4v) is 8.01. The maximum absolute atomic E-state index is 13.7. The van der Waals surface area contributed by atoms with Gasteiger partial charge in [0.05, 0.1) is 23.8 Å². The third-order valence-electron chi connectivity index (χ3n) is 9.80. The number of halogens is 1. The van der Waals surface area contributed by atoms with E-state index in [-0.39, 0.29) is 29.2 Å². The lowest BCUT2D eigenvalue weighted by Gasteiger charge is -2.53. The molecule has 3 aliphatic carbocycles. The lowest BCUT2D eigenvalue weighted by atomic mass is 9.54. The zero-order valence-electron chi connectivity index (χ0n) is 28.8. The molecule has 16 heteroatoms. The number of primary amides is 1. The second-order valence-corrected chi connectivity index (χ2v) is 15.0. The number of ketones is 2. The highest BCUT2D eigenvalue weighted by molar-refractivity contribution is 7.80. The Bertz CT molecular complexity index is 1640. The number of carbonyl (C=O) groups excluding carboxylic acids is 3. The number of unbranched alkanes of at least 4 members (excludes halogenated alkanes) is 9. The van der Waals surface area contributed by atoms with Crippen LogP contribution in [0.2, 0.25) is 5.02 Å². The van der Waals surface area contributed by atoms with Crippen LogP contribution >= 0.6 is 11.6 Å². The molecule has 0 aromatic heterocycles. The highest BCUT2D eigenvalue weighted by Crippen LogP contribution is 2.58. The summed E-state index contributed by atoms with van der Waals surface area (Å²) >= 11 is 6.28. The SMILES string of the molecule is CCCCCCCCCCCCOS(=O)(=O)O.CN(C)[C@@H]1C(=O)C(C(N)=O)=C(O)[C@@]2(O)C(=O)C3=C(O)c4c(O)ccc(Cl)c4[C@@](C)(O)[C@H]3C[C@@H]12. The monoisotopic (exact) mass is 744 g/mol. The number of hydrogen-bond acceptors (Lipinski definition) is 12. The predicted octanol–water partition coefficient (Wildman–Crippen LogP) is 4.01. The molecule has 1 fully saturated rings. The van der Waals surface area contributed by atoms with Gasteiger partial charge in [0.2, 0.25) is 5.78 Å². The number of amides is 1. The Kier molecular flexibility index (Phi) is 13.7. The molecule has 0 unspecified atom stereocenters. The van der Waals surface area contributed by atoms with Crippen LogP contribution in [-0.2, 0) is 34.6 Å². The van der Waals surface area contributed by atoms with Gasteiger partial charge in [-0.2, -0.15) is 8.42 Å². The molecular weight excluding hydrogens is 696 g/mol. The number of likely N-dealkylation sites (N-methyl/N-ethyl adjacent to an activating group) is 1. The molecule has 1 amide bonds. The third-order valence-corrected chi connectivity index (χ3v) is 10.6. The second-order valence-electron chi connectivity index (χ2n) is 13.5. The Balaban J connectivity index is 0.000000338. The molecular formula is C34H49ClN2O12S. The maximum atomic E-state index is 13.7. The molecule has 4 rings (SSSR count). The van der Waals surface area contributed by atoms with Gasteiger partial charge in [0.25, 0.3) is 5.91 Å². The van der Waals surface area contributed by atoms with E-state index in [0.29, 0.717) is 6.42 Å². The lowest BCUT2D eigenvalue weighted by Crippen LogP contribution is -2.67. The molecule has 8 N–H and O–H groups in total. The predicted molar refractivity (Wildman–Crippen MR) is 184 cm³/mol. The van der Waals surface area contributed by atoms with Crippen molar-refractivity contribution in [2.24, 2.45) is 17.6 Å². The number of phenolic OH excluding ortho intramolecular Hbond substituents is 1. The Labute approximate surface area is 297 Å². The molecule has 14 nitrogen and oxygen atoms in total. The lowest BCUT2D eigenvalue weighted by molar-refractivity contribution is -0.159. The first-order valence-corrected chi connectivity index (χ1v) is 18.5. The van der Waals surface area contributed by atoms with Crippen LogP contribution in [0.5, 0.6) is 5.75 Å². The fraction of sp³-hybridized carbons (Fsp3) is 0.618. The smallest absolute Gasteiger partial charge is 0.397 e. The Morgan fingerprint density at radius 1 is 1.00 bits per heavy atom. The van der Waals surface area contributed by atoms with Crippen molar-refractivity contribution in [3.05, 3.63) is 45.2 Å². The van der Waals surface area contributed by atoms with Gasteiger partial charge in [-0.05, 0) is 46.0 Å². The first-order chi connectivity index (χ1) is 23.2. The Morgan fingerprint density at radius 3 is 2.04 bits per heavy atom. The molecule has 1 aromatic rings. The van der Waals surface area contributed by atoms with Crippen LogP contribution in [0, 0.1) is 11.8 Å². The average molecular weight is 745 g/mol. The van der Waals surface area contributed by atoms with Crippen molar-refractivity contribution in [3.63, 3.8) is 0 Å². The zero-order chi connectivity index (χ0) is 37.8. The van der Waals surface area contributed by atoms with E-state index >= 15 is 0 Å². The number of benzene rings is 1. The van der Waals surface area contributed by atoms with E-state index < -0.39 is 85.4 Å². The molecule has 0 spiro atoms. The number of phenols is 1. The van der Waals surface area contributed by atoms with E-state index in [1.807, 2.05) is 0 Å². The minimum absolute atomic E-state index is 0.0187. The summed E-state index contributed by atoms with van der Waals surface area (Å²) in [6.07, 6.45) is 11.6. The van der Waals surface area contributed by atoms with E-state index in [0.717, 1.165) is 12.8 Å².